The molecule has 88 valence electrons. The largest absolute Gasteiger partial charge is 0.397 e. The van der Waals surface area contributed by atoms with Crippen LogP contribution in [0.4, 0.5) is 15.8 Å². The van der Waals surface area contributed by atoms with E-state index in [0.717, 1.165) is 25.2 Å². The molecule has 4 heteroatoms. The fourth-order valence-corrected chi connectivity index (χ4v) is 2.17. The van der Waals surface area contributed by atoms with E-state index in [9.17, 15) is 4.39 Å². The molecule has 1 heterocycles. The van der Waals surface area contributed by atoms with Crippen LogP contribution in [0.25, 0.3) is 0 Å². The maximum atomic E-state index is 12.9. The highest BCUT2D eigenvalue weighted by atomic mass is 19.1. The van der Waals surface area contributed by atoms with Gasteiger partial charge in [0.15, 0.2) is 0 Å². The van der Waals surface area contributed by atoms with E-state index in [4.69, 9.17) is 5.73 Å². The Labute approximate surface area is 95.4 Å². The van der Waals surface area contributed by atoms with Crippen molar-refractivity contribution in [2.75, 3.05) is 31.2 Å². The quantitative estimate of drug-likeness (QED) is 0.753. The van der Waals surface area contributed by atoms with Crippen molar-refractivity contribution in [3.63, 3.8) is 0 Å². The van der Waals surface area contributed by atoms with Gasteiger partial charge in [0.2, 0.25) is 0 Å². The molecule has 1 unspecified atom stereocenters. The highest BCUT2D eigenvalue weighted by Crippen LogP contribution is 2.22. The molecule has 1 aromatic rings. The summed E-state index contributed by atoms with van der Waals surface area (Å²) in [5.74, 6) is -0.288. The second-order valence-corrected chi connectivity index (χ2v) is 4.48. The fraction of sp³-hybridized carbons (Fsp3) is 0.500. The van der Waals surface area contributed by atoms with Gasteiger partial charge in [-0.2, -0.15) is 0 Å². The van der Waals surface area contributed by atoms with Crippen LogP contribution in [-0.2, 0) is 0 Å². The van der Waals surface area contributed by atoms with E-state index in [0.29, 0.717) is 11.7 Å². The summed E-state index contributed by atoms with van der Waals surface area (Å²) in [6, 6.07) is 4.91. The number of nitrogens with one attached hydrogen (secondary N) is 1. The molecule has 2 rings (SSSR count). The first-order valence-electron chi connectivity index (χ1n) is 5.65. The smallest absolute Gasteiger partial charge is 0.125 e. The maximum absolute atomic E-state index is 12.9. The number of likely N-dealkylation sites (N-methyl/N-ethyl adjacent to an activating group) is 1. The Morgan fingerprint density at radius 1 is 1.50 bits per heavy atom. The lowest BCUT2D eigenvalue weighted by molar-refractivity contribution is 0.261. The van der Waals surface area contributed by atoms with Crippen molar-refractivity contribution >= 4 is 11.4 Å². The summed E-state index contributed by atoms with van der Waals surface area (Å²) in [7, 11) is 2.11. The number of nitrogens with two attached hydrogens (primary N) is 1. The standard InChI is InChI=1S/C12H18FN3/c1-16-6-2-3-10(8-16)15-12-5-4-9(13)7-11(12)14/h4-5,7,10,15H,2-3,6,8,14H2,1H3. The third-order valence-corrected chi connectivity index (χ3v) is 3.00. The predicted octanol–water partition coefficient (Wildman–Crippen LogP) is 1.91. The lowest BCUT2D eigenvalue weighted by Crippen LogP contribution is -2.39. The first kappa shape index (κ1) is 11.2. The molecule has 0 aromatic heterocycles. The molecule has 1 aliphatic heterocycles. The van der Waals surface area contributed by atoms with Gasteiger partial charge in [0.05, 0.1) is 11.4 Å². The number of anilines is 2. The van der Waals surface area contributed by atoms with Gasteiger partial charge in [-0.25, -0.2) is 4.39 Å². The Bertz CT molecular complexity index is 367. The van der Waals surface area contributed by atoms with Crippen molar-refractivity contribution in [3.8, 4) is 0 Å². The van der Waals surface area contributed by atoms with Crippen LogP contribution in [0.3, 0.4) is 0 Å². The Hall–Kier alpha value is -1.29. The first-order chi connectivity index (χ1) is 7.65. The van der Waals surface area contributed by atoms with Gasteiger partial charge in [-0.3, -0.25) is 0 Å². The molecular weight excluding hydrogens is 205 g/mol. The van der Waals surface area contributed by atoms with Gasteiger partial charge in [0.25, 0.3) is 0 Å². The van der Waals surface area contributed by atoms with Gasteiger partial charge in [-0.05, 0) is 44.6 Å². The molecule has 1 aliphatic rings. The Morgan fingerprint density at radius 2 is 2.31 bits per heavy atom. The molecule has 1 fully saturated rings. The molecule has 0 saturated carbocycles. The SMILES string of the molecule is CN1CCCC(Nc2ccc(F)cc2N)C1. The normalized spacial score (nSPS) is 22.0. The molecule has 3 N–H and O–H groups in total. The average molecular weight is 223 g/mol. The molecule has 0 spiro atoms. The Kier molecular flexibility index (Phi) is 3.29. The molecule has 1 atom stereocenters. The van der Waals surface area contributed by atoms with E-state index >= 15 is 0 Å². The van der Waals surface area contributed by atoms with Gasteiger partial charge >= 0.3 is 0 Å². The summed E-state index contributed by atoms with van der Waals surface area (Å²) in [5.41, 5.74) is 7.07. The Morgan fingerprint density at radius 3 is 3.00 bits per heavy atom. The lowest BCUT2D eigenvalue weighted by atomic mass is 10.1. The van der Waals surface area contributed by atoms with Gasteiger partial charge in [-0.1, -0.05) is 0 Å². The highest BCUT2D eigenvalue weighted by Gasteiger charge is 2.17. The summed E-state index contributed by atoms with van der Waals surface area (Å²) in [5, 5.41) is 3.37. The molecule has 16 heavy (non-hydrogen) atoms. The van der Waals surface area contributed by atoms with Crippen LogP contribution >= 0.6 is 0 Å². The highest BCUT2D eigenvalue weighted by molar-refractivity contribution is 5.66. The monoisotopic (exact) mass is 223 g/mol. The average Bonchev–Trinajstić information content (AvgIpc) is 2.22. The van der Waals surface area contributed by atoms with Crippen molar-refractivity contribution in [2.45, 2.75) is 18.9 Å². The van der Waals surface area contributed by atoms with Crippen LogP contribution in [0.15, 0.2) is 18.2 Å². The van der Waals surface area contributed by atoms with Crippen molar-refractivity contribution in [2.24, 2.45) is 0 Å². The summed E-state index contributed by atoms with van der Waals surface area (Å²) >= 11 is 0. The number of halogens is 1. The molecule has 0 bridgehead atoms. The minimum atomic E-state index is -0.288. The van der Waals surface area contributed by atoms with Gasteiger partial charge in [0, 0.05) is 12.6 Å². The number of likely N-dealkylation sites (tertiary alicyclic amines) is 1. The van der Waals surface area contributed by atoms with E-state index in [1.807, 2.05) is 0 Å². The van der Waals surface area contributed by atoms with Gasteiger partial charge < -0.3 is 16.0 Å². The number of benzene rings is 1. The second-order valence-electron chi connectivity index (χ2n) is 4.48. The molecule has 3 nitrogen and oxygen atoms in total. The van der Waals surface area contributed by atoms with E-state index in [-0.39, 0.29) is 5.82 Å². The van der Waals surface area contributed by atoms with Crippen molar-refractivity contribution < 1.29 is 4.39 Å². The van der Waals surface area contributed by atoms with Crippen LogP contribution in [0.1, 0.15) is 12.8 Å². The minimum Gasteiger partial charge on any atom is -0.397 e. The van der Waals surface area contributed by atoms with Crippen molar-refractivity contribution in [3.05, 3.63) is 24.0 Å². The molecule has 1 saturated heterocycles. The molecule has 1 aromatic carbocycles. The minimum absolute atomic E-state index is 0.288. The van der Waals surface area contributed by atoms with Gasteiger partial charge in [-0.15, -0.1) is 0 Å². The maximum Gasteiger partial charge on any atom is 0.125 e. The van der Waals surface area contributed by atoms with E-state index in [1.54, 1.807) is 6.07 Å². The number of hydrogen-bond acceptors (Lipinski definition) is 3. The van der Waals surface area contributed by atoms with Crippen LogP contribution in [0, 0.1) is 5.82 Å². The van der Waals surface area contributed by atoms with E-state index in [2.05, 4.69) is 17.3 Å². The third-order valence-electron chi connectivity index (χ3n) is 3.00. The molecule has 0 radical (unpaired) electrons. The number of rotatable bonds is 2. The lowest BCUT2D eigenvalue weighted by Gasteiger charge is -2.31. The zero-order chi connectivity index (χ0) is 11.5. The predicted molar refractivity (Wildman–Crippen MR) is 65.0 cm³/mol. The topological polar surface area (TPSA) is 41.3 Å². The summed E-state index contributed by atoms with van der Waals surface area (Å²) in [6.45, 7) is 2.16. The second kappa shape index (κ2) is 4.70. The Balaban J connectivity index is 2.02. The summed E-state index contributed by atoms with van der Waals surface area (Å²) < 4.78 is 12.9. The molecule has 0 amide bonds. The van der Waals surface area contributed by atoms with Gasteiger partial charge in [0.1, 0.15) is 5.82 Å². The fourth-order valence-electron chi connectivity index (χ4n) is 2.17. The third kappa shape index (κ3) is 2.64. The van der Waals surface area contributed by atoms with Crippen LogP contribution in [0.2, 0.25) is 0 Å². The van der Waals surface area contributed by atoms with E-state index in [1.165, 1.54) is 18.6 Å². The number of nitrogen functional groups attached to an aromatic ring is 1. The first-order valence-corrected chi connectivity index (χ1v) is 5.65. The summed E-state index contributed by atoms with van der Waals surface area (Å²) in [6.07, 6.45) is 2.33. The summed E-state index contributed by atoms with van der Waals surface area (Å²) in [4.78, 5) is 2.29. The van der Waals surface area contributed by atoms with Crippen LogP contribution in [0.5, 0.6) is 0 Å². The van der Waals surface area contributed by atoms with Crippen LogP contribution < -0.4 is 11.1 Å². The zero-order valence-corrected chi connectivity index (χ0v) is 9.54. The molecular formula is C12H18FN3. The molecule has 0 aliphatic carbocycles. The number of nitrogens with zero attached hydrogens (tertiary/aromatic N) is 1. The van der Waals surface area contributed by atoms with Crippen LogP contribution in [-0.4, -0.2) is 31.1 Å². The zero-order valence-electron chi connectivity index (χ0n) is 9.54. The number of piperidine rings is 1. The van der Waals surface area contributed by atoms with Crippen molar-refractivity contribution in [1.82, 2.24) is 4.90 Å². The van der Waals surface area contributed by atoms with Crippen molar-refractivity contribution in [1.29, 1.82) is 0 Å². The van der Waals surface area contributed by atoms with E-state index < -0.39 is 0 Å². The number of hydrogen-bond donors (Lipinski definition) is 2.